The highest BCUT2D eigenvalue weighted by molar-refractivity contribution is 5.54. The van der Waals surface area contributed by atoms with E-state index in [9.17, 15) is 4.79 Å². The second-order valence-electron chi connectivity index (χ2n) is 2.66. The molecule has 0 aromatic carbocycles. The molecule has 1 fully saturated rings. The molecule has 1 aliphatic rings. The van der Waals surface area contributed by atoms with Gasteiger partial charge in [0.15, 0.2) is 0 Å². The van der Waals surface area contributed by atoms with E-state index in [4.69, 9.17) is 0 Å². The summed E-state index contributed by atoms with van der Waals surface area (Å²) in [6, 6.07) is 0. The van der Waals surface area contributed by atoms with Gasteiger partial charge in [0.05, 0.1) is 0 Å². The maximum atomic E-state index is 10.3. The van der Waals surface area contributed by atoms with Crippen LogP contribution in [0.15, 0.2) is 0 Å². The second-order valence-corrected chi connectivity index (χ2v) is 2.66. The molecule has 1 heterocycles. The van der Waals surface area contributed by atoms with E-state index in [0.717, 1.165) is 38.9 Å². The lowest BCUT2D eigenvalue weighted by Gasteiger charge is -2.16. The van der Waals surface area contributed by atoms with Gasteiger partial charge in [0.25, 0.3) is 0 Å². The molecule has 3 nitrogen and oxygen atoms in total. The fourth-order valence-corrected chi connectivity index (χ4v) is 1.08. The van der Waals surface area contributed by atoms with Crippen molar-refractivity contribution in [2.45, 2.75) is 6.42 Å². The van der Waals surface area contributed by atoms with E-state index in [0.29, 0.717) is 0 Å². The zero-order chi connectivity index (χ0) is 7.23. The topological polar surface area (TPSA) is 41.1 Å². The van der Waals surface area contributed by atoms with Crippen LogP contribution in [0.4, 0.5) is 0 Å². The van der Waals surface area contributed by atoms with Crippen LogP contribution in [0.3, 0.4) is 0 Å². The quantitative estimate of drug-likeness (QED) is 0.480. The summed E-state index contributed by atoms with van der Waals surface area (Å²) in [5, 5.41) is 6.43. The van der Waals surface area contributed by atoms with Gasteiger partial charge in [-0.1, -0.05) is 0 Å². The Morgan fingerprint density at radius 2 is 1.80 bits per heavy atom. The fraction of sp³-hybridized carbons (Fsp3) is 0.857. The third kappa shape index (κ3) is 2.45. The van der Waals surface area contributed by atoms with Gasteiger partial charge in [0.2, 0.25) is 0 Å². The van der Waals surface area contributed by atoms with Crippen LogP contribution in [0, 0.1) is 5.92 Å². The molecule has 1 rings (SSSR count). The molecule has 10 heavy (non-hydrogen) atoms. The van der Waals surface area contributed by atoms with Crippen molar-refractivity contribution in [3.8, 4) is 0 Å². The Bertz CT molecular complexity index is 97.8. The van der Waals surface area contributed by atoms with Gasteiger partial charge in [-0.2, -0.15) is 0 Å². The third-order valence-electron chi connectivity index (χ3n) is 1.71. The molecule has 0 saturated carbocycles. The van der Waals surface area contributed by atoms with Gasteiger partial charge in [-0.15, -0.1) is 0 Å². The number of carbonyl (C=O) groups is 1. The van der Waals surface area contributed by atoms with Gasteiger partial charge in [-0.25, -0.2) is 0 Å². The van der Waals surface area contributed by atoms with E-state index in [2.05, 4.69) is 10.6 Å². The summed E-state index contributed by atoms with van der Waals surface area (Å²) >= 11 is 0. The summed E-state index contributed by atoms with van der Waals surface area (Å²) in [5.41, 5.74) is 0. The first kappa shape index (κ1) is 7.69. The standard InChI is InChI=1S/C7H14N2O/c10-6-7-4-8-2-1-3-9-5-7/h6-9H,1-5H2. The van der Waals surface area contributed by atoms with Crippen molar-refractivity contribution in [3.63, 3.8) is 0 Å². The lowest BCUT2D eigenvalue weighted by molar-refractivity contribution is -0.110. The van der Waals surface area contributed by atoms with Gasteiger partial charge in [-0.05, 0) is 19.5 Å². The Labute approximate surface area is 61.2 Å². The summed E-state index contributed by atoms with van der Waals surface area (Å²) in [5.74, 6) is 0.167. The molecule has 1 aliphatic heterocycles. The van der Waals surface area contributed by atoms with Crippen molar-refractivity contribution in [2.24, 2.45) is 5.92 Å². The molecule has 2 N–H and O–H groups in total. The fourth-order valence-electron chi connectivity index (χ4n) is 1.08. The molecule has 58 valence electrons. The number of hydrogen-bond donors (Lipinski definition) is 2. The van der Waals surface area contributed by atoms with Crippen molar-refractivity contribution in [2.75, 3.05) is 26.2 Å². The van der Waals surface area contributed by atoms with Gasteiger partial charge < -0.3 is 15.4 Å². The molecule has 0 aliphatic carbocycles. The summed E-state index contributed by atoms with van der Waals surface area (Å²) in [6.45, 7) is 3.71. The van der Waals surface area contributed by atoms with Crippen LogP contribution in [-0.4, -0.2) is 32.5 Å². The molecule has 0 aromatic rings. The van der Waals surface area contributed by atoms with Crippen LogP contribution in [0.25, 0.3) is 0 Å². The van der Waals surface area contributed by atoms with E-state index < -0.39 is 0 Å². The van der Waals surface area contributed by atoms with Crippen molar-refractivity contribution >= 4 is 6.29 Å². The first-order chi connectivity index (χ1) is 4.93. The van der Waals surface area contributed by atoms with Crippen LogP contribution in [0.1, 0.15) is 6.42 Å². The SMILES string of the molecule is O=CC1CNCCCNC1. The molecule has 0 atom stereocenters. The molecular formula is C7H14N2O. The van der Waals surface area contributed by atoms with Crippen molar-refractivity contribution in [3.05, 3.63) is 0 Å². The van der Waals surface area contributed by atoms with Crippen molar-refractivity contribution < 1.29 is 4.79 Å². The Morgan fingerprint density at radius 3 is 2.30 bits per heavy atom. The molecule has 0 spiro atoms. The average molecular weight is 142 g/mol. The third-order valence-corrected chi connectivity index (χ3v) is 1.71. The van der Waals surface area contributed by atoms with Gasteiger partial charge in [0, 0.05) is 19.0 Å². The maximum Gasteiger partial charge on any atom is 0.125 e. The minimum Gasteiger partial charge on any atom is -0.316 e. The Hall–Kier alpha value is -0.410. The monoisotopic (exact) mass is 142 g/mol. The van der Waals surface area contributed by atoms with Crippen LogP contribution in [0.5, 0.6) is 0 Å². The molecule has 3 heteroatoms. The van der Waals surface area contributed by atoms with Crippen molar-refractivity contribution in [1.82, 2.24) is 10.6 Å². The maximum absolute atomic E-state index is 10.3. The van der Waals surface area contributed by atoms with E-state index in [1.807, 2.05) is 0 Å². The normalized spacial score (nSPS) is 23.2. The first-order valence-corrected chi connectivity index (χ1v) is 3.80. The van der Waals surface area contributed by atoms with Crippen LogP contribution >= 0.6 is 0 Å². The van der Waals surface area contributed by atoms with Crippen LogP contribution < -0.4 is 10.6 Å². The van der Waals surface area contributed by atoms with Crippen molar-refractivity contribution in [1.29, 1.82) is 0 Å². The highest BCUT2D eigenvalue weighted by Crippen LogP contribution is 1.90. The van der Waals surface area contributed by atoms with E-state index >= 15 is 0 Å². The zero-order valence-corrected chi connectivity index (χ0v) is 6.10. The number of aldehydes is 1. The molecule has 0 bridgehead atoms. The van der Waals surface area contributed by atoms with Gasteiger partial charge >= 0.3 is 0 Å². The zero-order valence-electron chi connectivity index (χ0n) is 6.10. The summed E-state index contributed by atoms with van der Waals surface area (Å²) in [4.78, 5) is 10.3. The highest BCUT2D eigenvalue weighted by atomic mass is 16.1. The van der Waals surface area contributed by atoms with Gasteiger partial charge in [-0.3, -0.25) is 0 Å². The molecule has 0 aromatic heterocycles. The lowest BCUT2D eigenvalue weighted by Crippen LogP contribution is -2.37. The van der Waals surface area contributed by atoms with Crippen LogP contribution in [-0.2, 0) is 4.79 Å². The smallest absolute Gasteiger partial charge is 0.125 e. The summed E-state index contributed by atoms with van der Waals surface area (Å²) in [6.07, 6.45) is 2.18. The first-order valence-electron chi connectivity index (χ1n) is 3.80. The Balaban J connectivity index is 2.22. The minimum absolute atomic E-state index is 0.167. The number of rotatable bonds is 1. The summed E-state index contributed by atoms with van der Waals surface area (Å²) in [7, 11) is 0. The van der Waals surface area contributed by atoms with Crippen LogP contribution in [0.2, 0.25) is 0 Å². The molecular weight excluding hydrogens is 128 g/mol. The number of nitrogens with one attached hydrogen (secondary N) is 2. The lowest BCUT2D eigenvalue weighted by atomic mass is 10.1. The molecule has 0 unspecified atom stereocenters. The molecule has 0 radical (unpaired) electrons. The summed E-state index contributed by atoms with van der Waals surface area (Å²) < 4.78 is 0. The van der Waals surface area contributed by atoms with E-state index in [-0.39, 0.29) is 5.92 Å². The molecule has 0 amide bonds. The largest absolute Gasteiger partial charge is 0.316 e. The molecule has 1 saturated heterocycles. The predicted molar refractivity (Wildman–Crippen MR) is 39.9 cm³/mol. The van der Waals surface area contributed by atoms with E-state index in [1.165, 1.54) is 0 Å². The van der Waals surface area contributed by atoms with Gasteiger partial charge in [0.1, 0.15) is 6.29 Å². The Kier molecular flexibility index (Phi) is 3.40. The minimum atomic E-state index is 0.167. The average Bonchev–Trinajstić information content (AvgIpc) is 1.87. The second kappa shape index (κ2) is 4.41. The highest BCUT2D eigenvalue weighted by Gasteiger charge is 2.07. The Morgan fingerprint density at radius 1 is 1.20 bits per heavy atom. The number of hydrogen-bond acceptors (Lipinski definition) is 3. The predicted octanol–water partition coefficient (Wildman–Crippen LogP) is -0.616. The number of carbonyl (C=O) groups excluding carboxylic acids is 1. The van der Waals surface area contributed by atoms with E-state index in [1.54, 1.807) is 0 Å².